The Morgan fingerprint density at radius 2 is 1.56 bits per heavy atom. The van der Waals surface area contributed by atoms with Crippen molar-refractivity contribution in [2.45, 2.75) is 49.1 Å². The molecule has 0 bridgehead atoms. The van der Waals surface area contributed by atoms with Gasteiger partial charge in [-0.25, -0.2) is 13.4 Å². The van der Waals surface area contributed by atoms with Crippen LogP contribution in [0.15, 0.2) is 88.4 Å². The molecule has 3 aromatic carbocycles. The van der Waals surface area contributed by atoms with Crippen molar-refractivity contribution in [2.75, 3.05) is 20.8 Å². The van der Waals surface area contributed by atoms with E-state index in [-0.39, 0.29) is 29.3 Å². The Morgan fingerprint density at radius 1 is 0.907 bits per heavy atom. The van der Waals surface area contributed by atoms with Crippen LogP contribution in [0.5, 0.6) is 11.5 Å². The van der Waals surface area contributed by atoms with Crippen LogP contribution in [0.25, 0.3) is 6.08 Å². The minimum Gasteiger partial charge on any atom is -0.497 e. The van der Waals surface area contributed by atoms with E-state index in [1.165, 1.54) is 16.4 Å². The van der Waals surface area contributed by atoms with Crippen LogP contribution in [0, 0.1) is 5.92 Å². The van der Waals surface area contributed by atoms with Gasteiger partial charge in [-0.2, -0.15) is 9.41 Å². The second-order valence-corrected chi connectivity index (χ2v) is 13.4. The van der Waals surface area contributed by atoms with Crippen molar-refractivity contribution < 1.29 is 22.7 Å². The molecule has 2 fully saturated rings. The first-order chi connectivity index (χ1) is 20.8. The number of hydrogen-bond donors (Lipinski definition) is 0. The summed E-state index contributed by atoms with van der Waals surface area (Å²) in [6.45, 7) is 0.269. The Hall–Kier alpha value is -3.66. The number of rotatable bonds is 7. The minimum atomic E-state index is -3.91. The molecule has 224 valence electrons. The SMILES string of the molecule is COc1ccc(C=C2CCCC3C2=NN(C(=O)C2CCCN2S(=O)(=O)c2ccc(Cl)cc2)C3c2ccc(OC)cc2)cc1. The second-order valence-electron chi connectivity index (χ2n) is 11.1. The van der Waals surface area contributed by atoms with Gasteiger partial charge >= 0.3 is 0 Å². The molecule has 10 heteroatoms. The number of benzene rings is 3. The maximum Gasteiger partial charge on any atom is 0.261 e. The third-order valence-corrected chi connectivity index (χ3v) is 10.7. The highest BCUT2D eigenvalue weighted by atomic mass is 35.5. The van der Waals surface area contributed by atoms with Crippen LogP contribution >= 0.6 is 11.6 Å². The number of fused-ring (bicyclic) bond motifs is 1. The fourth-order valence-corrected chi connectivity index (χ4v) is 8.16. The number of carbonyl (C=O) groups is 1. The van der Waals surface area contributed by atoms with E-state index < -0.39 is 16.1 Å². The topological polar surface area (TPSA) is 88.5 Å². The van der Waals surface area contributed by atoms with Gasteiger partial charge in [0, 0.05) is 17.5 Å². The fraction of sp³-hybridized carbons (Fsp3) is 0.333. The van der Waals surface area contributed by atoms with E-state index in [1.54, 1.807) is 31.4 Å². The molecule has 3 aliphatic rings. The van der Waals surface area contributed by atoms with Crippen molar-refractivity contribution in [1.29, 1.82) is 0 Å². The molecule has 0 radical (unpaired) electrons. The van der Waals surface area contributed by atoms with Gasteiger partial charge in [0.2, 0.25) is 10.0 Å². The third-order valence-electron chi connectivity index (χ3n) is 8.55. The molecule has 0 N–H and O–H groups in total. The number of hydrazone groups is 1. The van der Waals surface area contributed by atoms with E-state index in [4.69, 9.17) is 26.2 Å². The quantitative estimate of drug-likeness (QED) is 0.308. The van der Waals surface area contributed by atoms with Gasteiger partial charge < -0.3 is 9.47 Å². The van der Waals surface area contributed by atoms with Gasteiger partial charge in [0.15, 0.2) is 0 Å². The van der Waals surface area contributed by atoms with E-state index in [0.29, 0.717) is 17.9 Å². The lowest BCUT2D eigenvalue weighted by molar-refractivity contribution is -0.137. The van der Waals surface area contributed by atoms with Crippen LogP contribution in [0.2, 0.25) is 5.02 Å². The molecule has 1 saturated carbocycles. The van der Waals surface area contributed by atoms with Crippen LogP contribution in [0.1, 0.15) is 49.3 Å². The zero-order valence-electron chi connectivity index (χ0n) is 24.1. The Bertz CT molecular complexity index is 1650. The molecule has 3 atom stereocenters. The first-order valence-corrected chi connectivity index (χ1v) is 16.3. The molecule has 3 aromatic rings. The average molecular weight is 620 g/mol. The monoisotopic (exact) mass is 619 g/mol. The number of methoxy groups -OCH3 is 2. The predicted octanol–water partition coefficient (Wildman–Crippen LogP) is 6.33. The molecule has 6 rings (SSSR count). The number of allylic oxidation sites excluding steroid dienone is 1. The first-order valence-electron chi connectivity index (χ1n) is 14.5. The van der Waals surface area contributed by atoms with E-state index in [9.17, 15) is 13.2 Å². The summed E-state index contributed by atoms with van der Waals surface area (Å²) in [7, 11) is -0.651. The molecular weight excluding hydrogens is 586 g/mol. The van der Waals surface area contributed by atoms with E-state index >= 15 is 0 Å². The molecular formula is C33H34ClN3O5S. The second kappa shape index (κ2) is 12.1. The lowest BCUT2D eigenvalue weighted by atomic mass is 9.77. The zero-order chi connectivity index (χ0) is 30.1. The van der Waals surface area contributed by atoms with Gasteiger partial charge in [-0.3, -0.25) is 4.79 Å². The standard InChI is InChI=1S/C33H34ClN3O5S/c1-41-26-14-8-22(9-15-26)21-24-5-3-6-29-31(24)35-37(32(29)23-10-16-27(42-2)17-11-23)33(38)30-7-4-20-36(30)43(39,40)28-18-12-25(34)13-19-28/h8-19,21,29-30,32H,3-7,20H2,1-2H3. The van der Waals surface area contributed by atoms with Gasteiger partial charge in [-0.05, 0) is 103 Å². The summed E-state index contributed by atoms with van der Waals surface area (Å²) in [5.41, 5.74) is 3.95. The van der Waals surface area contributed by atoms with Crippen molar-refractivity contribution in [3.8, 4) is 11.5 Å². The average Bonchev–Trinajstić information content (AvgIpc) is 3.68. The predicted molar refractivity (Wildman–Crippen MR) is 167 cm³/mol. The van der Waals surface area contributed by atoms with Crippen molar-refractivity contribution in [3.05, 3.63) is 94.5 Å². The number of amides is 1. The molecule has 1 aliphatic carbocycles. The molecule has 1 saturated heterocycles. The highest BCUT2D eigenvalue weighted by molar-refractivity contribution is 7.89. The lowest BCUT2D eigenvalue weighted by Crippen LogP contribution is -2.46. The summed E-state index contributed by atoms with van der Waals surface area (Å²) >= 11 is 6.01. The smallest absolute Gasteiger partial charge is 0.261 e. The third kappa shape index (κ3) is 5.69. The molecule has 8 nitrogen and oxygen atoms in total. The van der Waals surface area contributed by atoms with E-state index in [2.05, 4.69) is 6.08 Å². The Morgan fingerprint density at radius 3 is 2.21 bits per heavy atom. The number of sulfonamides is 1. The molecule has 1 amide bonds. The molecule has 3 unspecified atom stereocenters. The molecule has 0 spiro atoms. The Labute approximate surface area is 257 Å². The molecule has 0 aromatic heterocycles. The van der Waals surface area contributed by atoms with Crippen LogP contribution in [-0.4, -0.2) is 56.2 Å². The summed E-state index contributed by atoms with van der Waals surface area (Å²) in [4.78, 5) is 14.5. The van der Waals surface area contributed by atoms with Crippen molar-refractivity contribution >= 4 is 39.3 Å². The van der Waals surface area contributed by atoms with Crippen LogP contribution in [-0.2, 0) is 14.8 Å². The van der Waals surface area contributed by atoms with Crippen LogP contribution < -0.4 is 9.47 Å². The molecule has 2 aliphatic heterocycles. The van der Waals surface area contributed by atoms with Crippen molar-refractivity contribution in [1.82, 2.24) is 9.31 Å². The first kappa shape index (κ1) is 29.4. The number of halogens is 1. The summed E-state index contributed by atoms with van der Waals surface area (Å²) in [6.07, 6.45) is 5.83. The largest absolute Gasteiger partial charge is 0.497 e. The molecule has 43 heavy (non-hydrogen) atoms. The van der Waals surface area contributed by atoms with Gasteiger partial charge in [0.25, 0.3) is 5.91 Å². The summed E-state index contributed by atoms with van der Waals surface area (Å²) in [6, 6.07) is 20.5. The Balaban J connectivity index is 1.38. The number of nitrogens with zero attached hydrogens (tertiary/aromatic N) is 3. The summed E-state index contributed by atoms with van der Waals surface area (Å²) in [5, 5.41) is 7.02. The van der Waals surface area contributed by atoms with Gasteiger partial charge in [0.1, 0.15) is 17.5 Å². The summed E-state index contributed by atoms with van der Waals surface area (Å²) in [5.74, 6) is 1.19. The number of ether oxygens (including phenoxy) is 2. The van der Waals surface area contributed by atoms with Gasteiger partial charge in [0.05, 0.1) is 30.9 Å². The lowest BCUT2D eigenvalue weighted by Gasteiger charge is -2.32. The van der Waals surface area contributed by atoms with E-state index in [1.807, 2.05) is 48.5 Å². The number of hydrogen-bond acceptors (Lipinski definition) is 6. The molecule has 2 heterocycles. The maximum absolute atomic E-state index is 14.4. The zero-order valence-corrected chi connectivity index (χ0v) is 25.7. The minimum absolute atomic E-state index is 0.0154. The Kier molecular flexibility index (Phi) is 8.31. The fourth-order valence-electron chi connectivity index (χ4n) is 6.39. The van der Waals surface area contributed by atoms with Crippen molar-refractivity contribution in [2.24, 2.45) is 11.0 Å². The summed E-state index contributed by atoms with van der Waals surface area (Å²) < 4.78 is 39.4. The van der Waals surface area contributed by atoms with Crippen LogP contribution in [0.3, 0.4) is 0 Å². The highest BCUT2D eigenvalue weighted by Crippen LogP contribution is 2.45. The van der Waals surface area contributed by atoms with Gasteiger partial charge in [-0.1, -0.05) is 35.9 Å². The number of carbonyl (C=O) groups excluding carboxylic acids is 1. The maximum atomic E-state index is 14.4. The van der Waals surface area contributed by atoms with Crippen LogP contribution in [0.4, 0.5) is 0 Å². The van der Waals surface area contributed by atoms with Crippen molar-refractivity contribution in [3.63, 3.8) is 0 Å². The normalized spacial score (nSPS) is 23.2. The van der Waals surface area contributed by atoms with Gasteiger partial charge in [-0.15, -0.1) is 0 Å². The highest BCUT2D eigenvalue weighted by Gasteiger charge is 2.48. The van der Waals surface area contributed by atoms with E-state index in [0.717, 1.165) is 53.2 Å².